The second-order valence-corrected chi connectivity index (χ2v) is 12.1. The predicted molar refractivity (Wildman–Crippen MR) is 181 cm³/mol. The summed E-state index contributed by atoms with van der Waals surface area (Å²) in [4.78, 5) is 42.2. The van der Waals surface area contributed by atoms with Gasteiger partial charge >= 0.3 is 12.1 Å². The van der Waals surface area contributed by atoms with Gasteiger partial charge in [-0.05, 0) is 70.0 Å². The van der Waals surface area contributed by atoms with Crippen molar-refractivity contribution in [3.05, 3.63) is 82.9 Å². The Balaban J connectivity index is 0.000000913. The van der Waals surface area contributed by atoms with Crippen LogP contribution < -0.4 is 10.6 Å². The summed E-state index contributed by atoms with van der Waals surface area (Å²) in [5, 5.41) is 9.80. The van der Waals surface area contributed by atoms with Crippen LogP contribution in [0.15, 0.2) is 54.7 Å². The molecular weight excluding hydrogens is 601 g/mol. The summed E-state index contributed by atoms with van der Waals surface area (Å²) in [7, 11) is 0. The lowest BCUT2D eigenvalue weighted by Crippen LogP contribution is -2.32. The number of hydrogen-bond acceptors (Lipinski definition) is 7. The molecule has 4 rings (SSSR count). The van der Waals surface area contributed by atoms with Crippen molar-refractivity contribution in [2.45, 2.75) is 92.7 Å². The van der Waals surface area contributed by atoms with Gasteiger partial charge in [0.25, 0.3) is 5.91 Å². The van der Waals surface area contributed by atoms with Crippen LogP contribution in [0.4, 0.5) is 14.9 Å². The van der Waals surface area contributed by atoms with E-state index in [-0.39, 0.29) is 42.2 Å². The molecule has 47 heavy (non-hydrogen) atoms. The molecule has 0 aliphatic heterocycles. The molecule has 10 nitrogen and oxygen atoms in total. The zero-order valence-electron chi connectivity index (χ0n) is 28.4. The highest BCUT2D eigenvalue weighted by atomic mass is 19.1. The Bertz CT molecular complexity index is 1670. The van der Waals surface area contributed by atoms with E-state index in [1.807, 2.05) is 13.0 Å². The molecule has 0 bridgehead atoms. The molecule has 11 heteroatoms. The third kappa shape index (κ3) is 10.9. The van der Waals surface area contributed by atoms with Crippen molar-refractivity contribution in [2.75, 3.05) is 11.9 Å². The fourth-order valence-electron chi connectivity index (χ4n) is 4.60. The Hall–Kier alpha value is -4.80. The zero-order chi connectivity index (χ0) is 34.6. The number of nitrogens with one attached hydrogen (secondary N) is 2. The van der Waals surface area contributed by atoms with Crippen LogP contribution in [0.2, 0.25) is 0 Å². The average Bonchev–Trinajstić information content (AvgIpc) is 3.49. The van der Waals surface area contributed by atoms with Crippen LogP contribution in [0.3, 0.4) is 0 Å². The van der Waals surface area contributed by atoms with Crippen LogP contribution in [0.1, 0.15) is 94.4 Å². The lowest BCUT2D eigenvalue weighted by atomic mass is 10.1. The average molecular weight is 648 g/mol. The highest BCUT2D eigenvalue weighted by Gasteiger charge is 2.22. The van der Waals surface area contributed by atoms with Gasteiger partial charge in [-0.2, -0.15) is 0 Å². The van der Waals surface area contributed by atoms with E-state index in [2.05, 4.69) is 34.6 Å². The molecule has 4 aromatic rings. The molecule has 2 N–H and O–H groups in total. The number of nitrogens with zero attached hydrogens (tertiary/aromatic N) is 3. The molecule has 0 unspecified atom stereocenters. The molecule has 0 radical (unpaired) electrons. The van der Waals surface area contributed by atoms with Crippen molar-refractivity contribution in [1.29, 1.82) is 0 Å². The quantitative estimate of drug-likeness (QED) is 0.126. The highest BCUT2D eigenvalue weighted by molar-refractivity contribution is 6.08. The fourth-order valence-corrected chi connectivity index (χ4v) is 4.60. The molecule has 0 aliphatic carbocycles. The van der Waals surface area contributed by atoms with E-state index in [4.69, 9.17) is 9.47 Å². The number of ether oxygens (including phenoxy) is 2. The molecule has 2 aromatic heterocycles. The number of aromatic nitrogens is 3. The Kier molecular flexibility index (Phi) is 13.4. The maximum Gasteiger partial charge on any atom is 0.407 e. The number of carbonyl (C=O) groups excluding carboxylic acids is 3. The maximum absolute atomic E-state index is 15.6. The van der Waals surface area contributed by atoms with Gasteiger partial charge in [0.1, 0.15) is 11.4 Å². The van der Waals surface area contributed by atoms with Gasteiger partial charge in [-0.15, -0.1) is 5.10 Å². The molecular formula is C36H46FN5O5. The van der Waals surface area contributed by atoms with Crippen molar-refractivity contribution >= 4 is 29.2 Å². The van der Waals surface area contributed by atoms with Gasteiger partial charge in [-0.3, -0.25) is 9.59 Å². The normalized spacial score (nSPS) is 11.0. The molecule has 2 aromatic carbocycles. The molecule has 0 aliphatic rings. The zero-order valence-corrected chi connectivity index (χ0v) is 28.4. The minimum absolute atomic E-state index is 0.0141. The number of anilines is 1. The third-order valence-electron chi connectivity index (χ3n) is 6.86. The van der Waals surface area contributed by atoms with Gasteiger partial charge in [0.15, 0.2) is 11.5 Å². The number of amides is 2. The van der Waals surface area contributed by atoms with Gasteiger partial charge in [-0.1, -0.05) is 63.8 Å². The summed E-state index contributed by atoms with van der Waals surface area (Å²) in [6.45, 7) is 13.4. The number of fused-ring (bicyclic) bond motifs is 1. The molecule has 0 spiro atoms. The van der Waals surface area contributed by atoms with E-state index in [9.17, 15) is 14.4 Å². The first-order valence-electron chi connectivity index (χ1n) is 16.0. The van der Waals surface area contributed by atoms with E-state index < -0.39 is 29.4 Å². The maximum atomic E-state index is 15.6. The lowest BCUT2D eigenvalue weighted by molar-refractivity contribution is -0.142. The van der Waals surface area contributed by atoms with Crippen LogP contribution in [0.25, 0.3) is 16.9 Å². The minimum Gasteiger partial charge on any atom is -0.466 e. The van der Waals surface area contributed by atoms with E-state index >= 15 is 4.39 Å². The summed E-state index contributed by atoms with van der Waals surface area (Å²) in [6.07, 6.45) is 6.47. The molecule has 0 saturated heterocycles. The Morgan fingerprint density at radius 3 is 2.34 bits per heavy atom. The van der Waals surface area contributed by atoms with Crippen molar-refractivity contribution in [3.63, 3.8) is 0 Å². The van der Waals surface area contributed by atoms with Crippen LogP contribution in [-0.4, -0.2) is 44.8 Å². The molecule has 252 valence electrons. The van der Waals surface area contributed by atoms with Gasteiger partial charge < -0.3 is 20.1 Å². The number of alkyl carbamates (subject to hydrolysis) is 1. The summed E-state index contributed by atoms with van der Waals surface area (Å²) < 4.78 is 27.3. The van der Waals surface area contributed by atoms with Crippen molar-refractivity contribution in [1.82, 2.24) is 19.9 Å². The lowest BCUT2D eigenvalue weighted by Gasteiger charge is -2.19. The van der Waals surface area contributed by atoms with E-state index in [0.717, 1.165) is 5.56 Å². The molecule has 0 saturated carbocycles. The summed E-state index contributed by atoms with van der Waals surface area (Å²) in [5.74, 6) is -1.64. The fraction of sp³-hybridized carbons (Fsp3) is 0.417. The number of rotatable bonds is 11. The predicted octanol–water partition coefficient (Wildman–Crippen LogP) is 7.81. The first kappa shape index (κ1) is 36.7. The SMILES string of the molecule is CCCCCC.CCOC(=O)Cc1ccc(C)cc1NC(=O)c1nc(-c2cccc(CNC(=O)OC(C)(C)C)c2F)nn2cccc12. The Morgan fingerprint density at radius 1 is 0.957 bits per heavy atom. The number of benzene rings is 2. The first-order valence-corrected chi connectivity index (χ1v) is 16.0. The largest absolute Gasteiger partial charge is 0.466 e. The van der Waals surface area contributed by atoms with Crippen molar-refractivity contribution in [3.8, 4) is 11.4 Å². The first-order chi connectivity index (χ1) is 22.4. The number of unbranched alkanes of at least 4 members (excludes halogenated alkanes) is 3. The number of halogens is 1. The highest BCUT2D eigenvalue weighted by Crippen LogP contribution is 2.25. The molecule has 0 fully saturated rings. The van der Waals surface area contributed by atoms with Gasteiger partial charge in [0.2, 0.25) is 0 Å². The van der Waals surface area contributed by atoms with Crippen molar-refractivity contribution < 1.29 is 28.2 Å². The third-order valence-corrected chi connectivity index (χ3v) is 6.86. The van der Waals surface area contributed by atoms with Crippen LogP contribution in [-0.2, 0) is 27.2 Å². The van der Waals surface area contributed by atoms with Crippen LogP contribution >= 0.6 is 0 Å². The number of aryl methyl sites for hydroxylation is 1. The number of carbonyl (C=O) groups is 3. The van der Waals surface area contributed by atoms with Crippen LogP contribution in [0.5, 0.6) is 0 Å². The topological polar surface area (TPSA) is 124 Å². The van der Waals surface area contributed by atoms with E-state index in [0.29, 0.717) is 16.8 Å². The van der Waals surface area contributed by atoms with Gasteiger partial charge in [0.05, 0.1) is 24.1 Å². The number of esters is 1. The van der Waals surface area contributed by atoms with Gasteiger partial charge in [0, 0.05) is 24.0 Å². The Labute approximate surface area is 276 Å². The van der Waals surface area contributed by atoms with E-state index in [1.54, 1.807) is 64.2 Å². The summed E-state index contributed by atoms with van der Waals surface area (Å²) >= 11 is 0. The minimum atomic E-state index is -0.695. The second-order valence-electron chi connectivity index (χ2n) is 12.1. The monoisotopic (exact) mass is 647 g/mol. The van der Waals surface area contributed by atoms with E-state index in [1.165, 1.54) is 42.3 Å². The smallest absolute Gasteiger partial charge is 0.407 e. The molecule has 2 amide bonds. The summed E-state index contributed by atoms with van der Waals surface area (Å²) in [5.41, 5.74) is 1.88. The molecule has 2 heterocycles. The Morgan fingerprint density at radius 2 is 1.68 bits per heavy atom. The summed E-state index contributed by atoms with van der Waals surface area (Å²) in [6, 6.07) is 13.4. The molecule has 0 atom stereocenters. The van der Waals surface area contributed by atoms with Crippen molar-refractivity contribution in [2.24, 2.45) is 0 Å². The second kappa shape index (κ2) is 17.2. The van der Waals surface area contributed by atoms with Crippen LogP contribution in [0, 0.1) is 12.7 Å². The standard InChI is InChI=1S/C30H32FN5O5.C6H14/c1-6-40-24(37)16-19-13-12-18(2)15-22(19)33-28(38)26-23-11-8-14-36(23)35-27(34-26)21-10-7-9-20(25(21)31)17-32-29(39)41-30(3,4)5;1-3-5-6-4-2/h7-15H,6,16-17H2,1-5H3,(H,32,39)(H,33,38);3-6H2,1-2H3. The number of hydrogen-bond donors (Lipinski definition) is 2. The van der Waals surface area contributed by atoms with Gasteiger partial charge in [-0.25, -0.2) is 18.7 Å².